The van der Waals surface area contributed by atoms with E-state index >= 15 is 0 Å². The number of ether oxygens (including phenoxy) is 2. The van der Waals surface area contributed by atoms with Gasteiger partial charge in [0.2, 0.25) is 0 Å². The SMILES string of the molecule is CCOc1ccccc1OC1CCCN(c2cncc(Nc3nc4cc(CC(=O)O)ccc4o3)n2)C1. The second-order valence-electron chi connectivity index (χ2n) is 8.49. The average molecular weight is 490 g/mol. The van der Waals surface area contributed by atoms with E-state index in [0.29, 0.717) is 35.6 Å². The fraction of sp³-hybridized carbons (Fsp3) is 0.308. The van der Waals surface area contributed by atoms with Crippen molar-refractivity contribution in [3.63, 3.8) is 0 Å². The van der Waals surface area contributed by atoms with Gasteiger partial charge in [0.1, 0.15) is 17.4 Å². The van der Waals surface area contributed by atoms with Crippen LogP contribution in [0.2, 0.25) is 0 Å². The molecule has 10 heteroatoms. The van der Waals surface area contributed by atoms with Crippen molar-refractivity contribution in [3.05, 3.63) is 60.4 Å². The predicted molar refractivity (Wildman–Crippen MR) is 134 cm³/mol. The van der Waals surface area contributed by atoms with Gasteiger partial charge in [0.15, 0.2) is 22.9 Å². The van der Waals surface area contributed by atoms with Gasteiger partial charge in [-0.3, -0.25) is 15.1 Å². The number of piperidine rings is 1. The van der Waals surface area contributed by atoms with Crippen molar-refractivity contribution in [1.82, 2.24) is 15.0 Å². The van der Waals surface area contributed by atoms with Crippen LogP contribution < -0.4 is 19.7 Å². The number of carboxylic acids is 1. The number of oxazole rings is 1. The third-order valence-electron chi connectivity index (χ3n) is 5.81. The highest BCUT2D eigenvalue weighted by molar-refractivity contribution is 5.78. The number of rotatable bonds is 9. The van der Waals surface area contributed by atoms with Gasteiger partial charge >= 0.3 is 12.0 Å². The number of hydrogen-bond acceptors (Lipinski definition) is 9. The number of benzene rings is 2. The largest absolute Gasteiger partial charge is 0.490 e. The van der Waals surface area contributed by atoms with Crippen molar-refractivity contribution in [2.75, 3.05) is 29.9 Å². The molecule has 0 aliphatic carbocycles. The lowest BCUT2D eigenvalue weighted by Gasteiger charge is -2.33. The Hall–Kier alpha value is -4.34. The van der Waals surface area contributed by atoms with Gasteiger partial charge in [0, 0.05) is 6.54 Å². The van der Waals surface area contributed by atoms with E-state index in [2.05, 4.69) is 20.2 Å². The van der Waals surface area contributed by atoms with E-state index in [-0.39, 0.29) is 18.5 Å². The Balaban J connectivity index is 1.27. The first kappa shape index (κ1) is 23.4. The lowest BCUT2D eigenvalue weighted by molar-refractivity contribution is -0.136. The Morgan fingerprint density at radius 2 is 2.06 bits per heavy atom. The first-order valence-corrected chi connectivity index (χ1v) is 11.9. The molecule has 0 spiro atoms. The fourth-order valence-corrected chi connectivity index (χ4v) is 4.23. The van der Waals surface area contributed by atoms with E-state index in [1.807, 2.05) is 31.2 Å². The molecule has 0 saturated carbocycles. The van der Waals surface area contributed by atoms with Crippen LogP contribution in [-0.4, -0.2) is 51.8 Å². The number of anilines is 3. The van der Waals surface area contributed by atoms with Crippen LogP contribution in [0.4, 0.5) is 17.7 Å². The number of carboxylic acid groups (broad SMARTS) is 1. The number of nitrogens with one attached hydrogen (secondary N) is 1. The van der Waals surface area contributed by atoms with Gasteiger partial charge in [-0.1, -0.05) is 18.2 Å². The van der Waals surface area contributed by atoms with E-state index < -0.39 is 5.97 Å². The van der Waals surface area contributed by atoms with Crippen molar-refractivity contribution < 1.29 is 23.8 Å². The Labute approximate surface area is 207 Å². The molecule has 3 heterocycles. The number of aromatic nitrogens is 3. The highest BCUT2D eigenvalue weighted by atomic mass is 16.5. The normalized spacial score (nSPS) is 15.6. The van der Waals surface area contributed by atoms with Crippen LogP contribution in [0, 0.1) is 0 Å². The summed E-state index contributed by atoms with van der Waals surface area (Å²) >= 11 is 0. The monoisotopic (exact) mass is 489 g/mol. The van der Waals surface area contributed by atoms with Gasteiger partial charge in [-0.2, -0.15) is 4.98 Å². The molecular formula is C26H27N5O5. The van der Waals surface area contributed by atoms with E-state index in [4.69, 9.17) is 24.0 Å². The molecule has 2 aromatic heterocycles. The third kappa shape index (κ3) is 5.48. The molecule has 1 aliphatic heterocycles. The molecule has 1 fully saturated rings. The number of fused-ring (bicyclic) bond motifs is 1. The van der Waals surface area contributed by atoms with Crippen LogP contribution in [0.3, 0.4) is 0 Å². The van der Waals surface area contributed by atoms with Crippen molar-refractivity contribution >= 4 is 34.7 Å². The topological polar surface area (TPSA) is 123 Å². The van der Waals surface area contributed by atoms with E-state index in [1.165, 1.54) is 0 Å². The number of nitrogens with zero attached hydrogens (tertiary/aromatic N) is 4. The molecule has 1 unspecified atom stereocenters. The zero-order chi connectivity index (χ0) is 24.9. The summed E-state index contributed by atoms with van der Waals surface area (Å²) in [5, 5.41) is 12.1. The second kappa shape index (κ2) is 10.5. The lowest BCUT2D eigenvalue weighted by Crippen LogP contribution is -2.41. The molecule has 10 nitrogen and oxygen atoms in total. The molecule has 2 N–H and O–H groups in total. The van der Waals surface area contributed by atoms with Crippen LogP contribution in [0.15, 0.2) is 59.3 Å². The van der Waals surface area contributed by atoms with Gasteiger partial charge < -0.3 is 23.9 Å². The second-order valence-corrected chi connectivity index (χ2v) is 8.49. The predicted octanol–water partition coefficient (Wildman–Crippen LogP) is 4.44. The Morgan fingerprint density at radius 3 is 2.89 bits per heavy atom. The molecule has 0 amide bonds. The van der Waals surface area contributed by atoms with Crippen LogP contribution in [0.5, 0.6) is 11.5 Å². The molecule has 1 saturated heterocycles. The summed E-state index contributed by atoms with van der Waals surface area (Å²) in [4.78, 5) is 26.6. The molecule has 2 aromatic carbocycles. The van der Waals surface area contributed by atoms with E-state index in [9.17, 15) is 4.79 Å². The van der Waals surface area contributed by atoms with Crippen LogP contribution in [-0.2, 0) is 11.2 Å². The first-order valence-electron chi connectivity index (χ1n) is 11.9. The molecule has 1 atom stereocenters. The summed E-state index contributed by atoms with van der Waals surface area (Å²) < 4.78 is 17.7. The summed E-state index contributed by atoms with van der Waals surface area (Å²) in [6.45, 7) is 4.06. The van der Waals surface area contributed by atoms with Gasteiger partial charge in [-0.25, -0.2) is 4.98 Å². The number of para-hydroxylation sites is 2. The summed E-state index contributed by atoms with van der Waals surface area (Å²) in [6.07, 6.45) is 5.16. The Morgan fingerprint density at radius 1 is 1.19 bits per heavy atom. The molecular weight excluding hydrogens is 462 g/mol. The maximum absolute atomic E-state index is 11.0. The van der Waals surface area contributed by atoms with Crippen molar-refractivity contribution in [2.45, 2.75) is 32.3 Å². The summed E-state index contributed by atoms with van der Waals surface area (Å²) in [7, 11) is 0. The van der Waals surface area contributed by atoms with Gasteiger partial charge in [-0.05, 0) is 49.6 Å². The number of carbonyl (C=O) groups is 1. The smallest absolute Gasteiger partial charge is 0.307 e. The van der Waals surface area contributed by atoms with Gasteiger partial charge in [0.05, 0.1) is 32.0 Å². The summed E-state index contributed by atoms with van der Waals surface area (Å²) in [5.74, 6) is 1.82. The fourth-order valence-electron chi connectivity index (χ4n) is 4.23. The summed E-state index contributed by atoms with van der Waals surface area (Å²) in [5.41, 5.74) is 1.78. The zero-order valence-electron chi connectivity index (χ0n) is 19.9. The van der Waals surface area contributed by atoms with E-state index in [0.717, 1.165) is 36.7 Å². The molecule has 1 aliphatic rings. The maximum Gasteiger partial charge on any atom is 0.307 e. The summed E-state index contributed by atoms with van der Waals surface area (Å²) in [6, 6.07) is 13.1. The van der Waals surface area contributed by atoms with Crippen LogP contribution >= 0.6 is 0 Å². The molecule has 36 heavy (non-hydrogen) atoms. The van der Waals surface area contributed by atoms with Crippen LogP contribution in [0.25, 0.3) is 11.1 Å². The Kier molecular flexibility index (Phi) is 6.83. The van der Waals surface area contributed by atoms with Gasteiger partial charge in [-0.15, -0.1) is 0 Å². The number of hydrogen-bond donors (Lipinski definition) is 2. The maximum atomic E-state index is 11.0. The lowest BCUT2D eigenvalue weighted by atomic mass is 10.1. The minimum atomic E-state index is -0.896. The molecule has 186 valence electrons. The molecule has 0 radical (unpaired) electrons. The first-order chi connectivity index (χ1) is 17.6. The molecule has 5 rings (SSSR count). The highest BCUT2D eigenvalue weighted by Crippen LogP contribution is 2.30. The average Bonchev–Trinajstić information content (AvgIpc) is 3.27. The number of aliphatic carboxylic acids is 1. The van der Waals surface area contributed by atoms with Crippen molar-refractivity contribution in [1.29, 1.82) is 0 Å². The Bertz CT molecular complexity index is 1360. The minimum absolute atomic E-state index is 0.00388. The van der Waals surface area contributed by atoms with Gasteiger partial charge in [0.25, 0.3) is 0 Å². The minimum Gasteiger partial charge on any atom is -0.490 e. The zero-order valence-corrected chi connectivity index (χ0v) is 19.9. The van der Waals surface area contributed by atoms with Crippen molar-refractivity contribution in [2.24, 2.45) is 0 Å². The highest BCUT2D eigenvalue weighted by Gasteiger charge is 2.24. The van der Waals surface area contributed by atoms with Crippen molar-refractivity contribution in [3.8, 4) is 11.5 Å². The third-order valence-corrected chi connectivity index (χ3v) is 5.81. The standard InChI is InChI=1S/C26H27N5O5/c1-2-34-21-7-3-4-8-22(21)35-18-6-5-11-31(16-18)24-15-27-14-23(29-24)30-26-28-19-12-17(13-25(32)33)9-10-20(19)36-26/h3-4,7-10,12,14-15,18H,2,5-6,11,13,16H2,1H3,(H,32,33)(H,28,29,30). The van der Waals surface area contributed by atoms with Crippen LogP contribution in [0.1, 0.15) is 25.3 Å². The quantitative estimate of drug-likeness (QED) is 0.349. The van der Waals surface area contributed by atoms with E-state index in [1.54, 1.807) is 30.6 Å². The molecule has 4 aromatic rings. The molecule has 0 bridgehead atoms.